The SMILES string of the molecule is COc1ccc(OC(C)C(=O)Nc2cccc(C(=O)N(C)Cc3ccccc3)c2)cc1. The summed E-state index contributed by atoms with van der Waals surface area (Å²) >= 11 is 0. The molecule has 2 amide bonds. The molecule has 3 rings (SSSR count). The Labute approximate surface area is 182 Å². The molecule has 3 aromatic carbocycles. The van der Waals surface area contributed by atoms with Crippen LogP contribution in [0.1, 0.15) is 22.8 Å². The van der Waals surface area contributed by atoms with Crippen LogP contribution in [0.25, 0.3) is 0 Å². The van der Waals surface area contributed by atoms with Gasteiger partial charge in [0.1, 0.15) is 11.5 Å². The molecule has 3 aromatic rings. The van der Waals surface area contributed by atoms with Crippen molar-refractivity contribution in [3.63, 3.8) is 0 Å². The van der Waals surface area contributed by atoms with Gasteiger partial charge in [0.05, 0.1) is 7.11 Å². The Kier molecular flexibility index (Phi) is 7.27. The van der Waals surface area contributed by atoms with Crippen molar-refractivity contribution in [3.05, 3.63) is 90.0 Å². The monoisotopic (exact) mass is 418 g/mol. The highest BCUT2D eigenvalue weighted by Gasteiger charge is 2.17. The Bertz CT molecular complexity index is 1020. The molecule has 0 aliphatic rings. The quantitative estimate of drug-likeness (QED) is 0.590. The van der Waals surface area contributed by atoms with Crippen LogP contribution in [0.15, 0.2) is 78.9 Å². The molecule has 0 saturated heterocycles. The number of nitrogens with zero attached hydrogens (tertiary/aromatic N) is 1. The predicted molar refractivity (Wildman–Crippen MR) is 120 cm³/mol. The van der Waals surface area contributed by atoms with E-state index in [2.05, 4.69) is 5.32 Å². The highest BCUT2D eigenvalue weighted by atomic mass is 16.5. The van der Waals surface area contributed by atoms with Gasteiger partial charge >= 0.3 is 0 Å². The molecule has 0 fully saturated rings. The van der Waals surface area contributed by atoms with Crippen molar-refractivity contribution in [1.82, 2.24) is 4.90 Å². The fraction of sp³-hybridized carbons (Fsp3) is 0.200. The van der Waals surface area contributed by atoms with Gasteiger partial charge in [-0.25, -0.2) is 0 Å². The smallest absolute Gasteiger partial charge is 0.265 e. The van der Waals surface area contributed by atoms with Crippen LogP contribution in [-0.2, 0) is 11.3 Å². The first kappa shape index (κ1) is 21.9. The molecule has 0 saturated carbocycles. The van der Waals surface area contributed by atoms with E-state index in [-0.39, 0.29) is 11.8 Å². The average Bonchev–Trinajstić information content (AvgIpc) is 2.79. The van der Waals surface area contributed by atoms with Gasteiger partial charge in [0.2, 0.25) is 0 Å². The Morgan fingerprint density at radius 3 is 2.29 bits per heavy atom. The van der Waals surface area contributed by atoms with E-state index in [0.717, 1.165) is 5.56 Å². The topological polar surface area (TPSA) is 67.9 Å². The molecular formula is C25H26N2O4. The minimum atomic E-state index is -0.714. The van der Waals surface area contributed by atoms with Gasteiger partial charge in [-0.1, -0.05) is 36.4 Å². The third-order valence-corrected chi connectivity index (χ3v) is 4.73. The van der Waals surface area contributed by atoms with Crippen LogP contribution in [0.4, 0.5) is 5.69 Å². The van der Waals surface area contributed by atoms with Gasteiger partial charge in [0.25, 0.3) is 11.8 Å². The lowest BCUT2D eigenvalue weighted by Gasteiger charge is -2.18. The Balaban J connectivity index is 1.60. The summed E-state index contributed by atoms with van der Waals surface area (Å²) in [6, 6.07) is 23.7. The molecule has 160 valence electrons. The molecule has 0 aromatic heterocycles. The maximum Gasteiger partial charge on any atom is 0.265 e. The van der Waals surface area contributed by atoms with Crippen molar-refractivity contribution in [3.8, 4) is 11.5 Å². The second-order valence-corrected chi connectivity index (χ2v) is 7.15. The Hall–Kier alpha value is -3.80. The van der Waals surface area contributed by atoms with E-state index in [1.165, 1.54) is 0 Å². The lowest BCUT2D eigenvalue weighted by Crippen LogP contribution is -2.30. The third kappa shape index (κ3) is 6.09. The number of ether oxygens (including phenoxy) is 2. The fourth-order valence-corrected chi connectivity index (χ4v) is 3.04. The van der Waals surface area contributed by atoms with Crippen molar-refractivity contribution in [2.45, 2.75) is 19.6 Å². The van der Waals surface area contributed by atoms with E-state index < -0.39 is 6.10 Å². The van der Waals surface area contributed by atoms with E-state index in [0.29, 0.717) is 29.3 Å². The molecule has 31 heavy (non-hydrogen) atoms. The highest BCUT2D eigenvalue weighted by molar-refractivity contribution is 5.98. The summed E-state index contributed by atoms with van der Waals surface area (Å²) in [5, 5.41) is 2.81. The van der Waals surface area contributed by atoms with E-state index in [1.807, 2.05) is 30.3 Å². The van der Waals surface area contributed by atoms with Crippen LogP contribution < -0.4 is 14.8 Å². The van der Waals surface area contributed by atoms with Crippen LogP contribution >= 0.6 is 0 Å². The van der Waals surface area contributed by atoms with E-state index in [9.17, 15) is 9.59 Å². The van der Waals surface area contributed by atoms with Gasteiger partial charge in [-0.3, -0.25) is 9.59 Å². The number of benzene rings is 3. The number of hydrogen-bond donors (Lipinski definition) is 1. The zero-order valence-electron chi connectivity index (χ0n) is 17.9. The van der Waals surface area contributed by atoms with Crippen LogP contribution in [0.2, 0.25) is 0 Å². The summed E-state index contributed by atoms with van der Waals surface area (Å²) in [4.78, 5) is 27.0. The fourth-order valence-electron chi connectivity index (χ4n) is 3.04. The molecule has 0 bridgehead atoms. The summed E-state index contributed by atoms with van der Waals surface area (Å²) in [7, 11) is 3.34. The molecule has 0 aliphatic carbocycles. The van der Waals surface area contributed by atoms with Crippen molar-refractivity contribution < 1.29 is 19.1 Å². The zero-order chi connectivity index (χ0) is 22.2. The number of nitrogens with one attached hydrogen (secondary N) is 1. The summed E-state index contributed by atoms with van der Waals surface area (Å²) in [5.74, 6) is 0.846. The predicted octanol–water partition coefficient (Wildman–Crippen LogP) is 4.37. The second kappa shape index (κ2) is 10.3. The first-order chi connectivity index (χ1) is 15.0. The minimum Gasteiger partial charge on any atom is -0.497 e. The first-order valence-corrected chi connectivity index (χ1v) is 9.97. The highest BCUT2D eigenvalue weighted by Crippen LogP contribution is 2.19. The number of carbonyl (C=O) groups excluding carboxylic acids is 2. The molecule has 0 spiro atoms. The average molecular weight is 418 g/mol. The van der Waals surface area contributed by atoms with Crippen molar-refractivity contribution in [2.75, 3.05) is 19.5 Å². The van der Waals surface area contributed by atoms with Crippen LogP contribution in [0.3, 0.4) is 0 Å². The lowest BCUT2D eigenvalue weighted by atomic mass is 10.1. The summed E-state index contributed by atoms with van der Waals surface area (Å²) in [6.45, 7) is 2.17. The molecule has 0 heterocycles. The third-order valence-electron chi connectivity index (χ3n) is 4.73. The number of rotatable bonds is 8. The number of hydrogen-bond acceptors (Lipinski definition) is 4. The van der Waals surface area contributed by atoms with Gasteiger partial charge in [-0.15, -0.1) is 0 Å². The van der Waals surface area contributed by atoms with E-state index >= 15 is 0 Å². The molecule has 0 radical (unpaired) electrons. The summed E-state index contributed by atoms with van der Waals surface area (Å²) in [5.41, 5.74) is 2.08. The largest absolute Gasteiger partial charge is 0.497 e. The van der Waals surface area contributed by atoms with Gasteiger partial charge in [0, 0.05) is 24.8 Å². The van der Waals surface area contributed by atoms with Gasteiger partial charge in [-0.2, -0.15) is 0 Å². The normalized spacial score (nSPS) is 11.3. The Morgan fingerprint density at radius 2 is 1.61 bits per heavy atom. The lowest BCUT2D eigenvalue weighted by molar-refractivity contribution is -0.122. The van der Waals surface area contributed by atoms with Crippen LogP contribution in [-0.4, -0.2) is 37.0 Å². The van der Waals surface area contributed by atoms with Crippen molar-refractivity contribution >= 4 is 17.5 Å². The summed E-state index contributed by atoms with van der Waals surface area (Å²) in [6.07, 6.45) is -0.714. The maximum absolute atomic E-state index is 12.8. The molecule has 1 unspecified atom stereocenters. The molecular weight excluding hydrogens is 392 g/mol. The van der Waals surface area contributed by atoms with Gasteiger partial charge in [0.15, 0.2) is 6.10 Å². The number of anilines is 1. The van der Waals surface area contributed by atoms with E-state index in [4.69, 9.17) is 9.47 Å². The van der Waals surface area contributed by atoms with E-state index in [1.54, 1.807) is 74.5 Å². The van der Waals surface area contributed by atoms with Crippen LogP contribution in [0.5, 0.6) is 11.5 Å². The van der Waals surface area contributed by atoms with Crippen molar-refractivity contribution in [1.29, 1.82) is 0 Å². The standard InChI is InChI=1S/C25H26N2O4/c1-18(31-23-14-12-22(30-3)13-15-23)24(28)26-21-11-7-10-20(16-21)25(29)27(2)17-19-8-5-4-6-9-19/h4-16,18H,17H2,1-3H3,(H,26,28). The molecule has 0 aliphatic heterocycles. The molecule has 6 nitrogen and oxygen atoms in total. The van der Waals surface area contributed by atoms with Gasteiger partial charge in [-0.05, 0) is 55.0 Å². The number of amides is 2. The molecule has 1 N–H and O–H groups in total. The number of methoxy groups -OCH3 is 1. The van der Waals surface area contributed by atoms with Crippen LogP contribution in [0, 0.1) is 0 Å². The van der Waals surface area contributed by atoms with Gasteiger partial charge < -0.3 is 19.7 Å². The Morgan fingerprint density at radius 1 is 0.935 bits per heavy atom. The summed E-state index contributed by atoms with van der Waals surface area (Å²) < 4.78 is 10.8. The molecule has 6 heteroatoms. The minimum absolute atomic E-state index is 0.123. The number of carbonyl (C=O) groups is 2. The zero-order valence-corrected chi connectivity index (χ0v) is 17.9. The van der Waals surface area contributed by atoms with Crippen molar-refractivity contribution in [2.24, 2.45) is 0 Å². The first-order valence-electron chi connectivity index (χ1n) is 9.97. The maximum atomic E-state index is 12.8. The molecule has 1 atom stereocenters. The second-order valence-electron chi connectivity index (χ2n) is 7.15.